The molecule has 128 valence electrons. The van der Waals surface area contributed by atoms with Crippen LogP contribution in [0.5, 0.6) is 0 Å². The number of fused-ring (bicyclic) bond motifs is 1. The van der Waals surface area contributed by atoms with Gasteiger partial charge in [0.1, 0.15) is 24.4 Å². The Balaban J connectivity index is 1.77. The van der Waals surface area contributed by atoms with Gasteiger partial charge >= 0.3 is 0 Å². The largest absolute Gasteiger partial charge is 0.376 e. The smallest absolute Gasteiger partial charge is 0.186 e. The lowest BCUT2D eigenvalue weighted by Crippen LogP contribution is -2.63. The Labute approximate surface area is 136 Å². The third kappa shape index (κ3) is 3.42. The molecule has 0 amide bonds. The Morgan fingerprint density at radius 2 is 1.78 bits per heavy atom. The summed E-state index contributed by atoms with van der Waals surface area (Å²) in [5.74, 6) is 0. The summed E-state index contributed by atoms with van der Waals surface area (Å²) in [5, 5.41) is 0. The molecular weight excluding hydrogens is 300 g/mol. The topological polar surface area (TPSA) is 55.4 Å². The first-order chi connectivity index (χ1) is 11.3. The maximum Gasteiger partial charge on any atom is 0.186 e. The summed E-state index contributed by atoms with van der Waals surface area (Å²) in [5.41, 5.74) is 0.974. The van der Waals surface area contributed by atoms with E-state index in [0.717, 1.165) is 5.56 Å². The summed E-state index contributed by atoms with van der Waals surface area (Å²) in [7, 11) is 3.28. The van der Waals surface area contributed by atoms with E-state index in [1.54, 1.807) is 14.2 Å². The van der Waals surface area contributed by atoms with Crippen molar-refractivity contribution in [3.8, 4) is 0 Å². The minimum absolute atomic E-state index is 0.247. The van der Waals surface area contributed by atoms with Crippen LogP contribution in [0.25, 0.3) is 0 Å². The van der Waals surface area contributed by atoms with Gasteiger partial charge in [0.05, 0.1) is 6.61 Å². The van der Waals surface area contributed by atoms with Crippen LogP contribution in [0.1, 0.15) is 18.8 Å². The van der Waals surface area contributed by atoms with Crippen molar-refractivity contribution in [2.45, 2.75) is 43.9 Å². The highest BCUT2D eigenvalue weighted by atomic mass is 16.8. The van der Waals surface area contributed by atoms with Crippen LogP contribution in [0.15, 0.2) is 30.3 Å². The van der Waals surface area contributed by atoms with E-state index >= 15 is 0 Å². The highest BCUT2D eigenvalue weighted by Gasteiger charge is 2.50. The fourth-order valence-corrected chi connectivity index (χ4v) is 3.14. The molecule has 6 atom stereocenters. The molecule has 0 bridgehead atoms. The van der Waals surface area contributed by atoms with E-state index in [-0.39, 0.29) is 24.4 Å². The summed E-state index contributed by atoms with van der Waals surface area (Å²) in [6.45, 7) is 2.88. The van der Waals surface area contributed by atoms with E-state index in [4.69, 9.17) is 28.4 Å². The molecule has 0 aliphatic carbocycles. The van der Waals surface area contributed by atoms with Crippen LogP contribution in [-0.4, -0.2) is 58.1 Å². The molecule has 2 heterocycles. The standard InChI is InChI=1S/C17H24O6/c1-4-20-17-15(19-3)14(18-2)13-12(22-17)10-21-16(23-13)11-8-6-5-7-9-11/h5-9,12-17H,4,10H2,1-3H3/t12-,13-,14+,15-,16?,17?/m1/s1. The SMILES string of the molecule is CCOC1O[C@@H]2COC(c3ccccc3)O[C@H]2[C@H](OC)[C@H]1OC. The zero-order valence-electron chi connectivity index (χ0n) is 13.7. The van der Waals surface area contributed by atoms with Crippen molar-refractivity contribution in [1.29, 1.82) is 0 Å². The van der Waals surface area contributed by atoms with Crippen LogP contribution < -0.4 is 0 Å². The summed E-state index contributed by atoms with van der Waals surface area (Å²) in [6, 6.07) is 9.84. The lowest BCUT2D eigenvalue weighted by atomic mass is 9.97. The van der Waals surface area contributed by atoms with E-state index in [9.17, 15) is 0 Å². The highest BCUT2D eigenvalue weighted by molar-refractivity contribution is 5.16. The van der Waals surface area contributed by atoms with Gasteiger partial charge in [-0.15, -0.1) is 0 Å². The van der Waals surface area contributed by atoms with Crippen molar-refractivity contribution in [3.63, 3.8) is 0 Å². The van der Waals surface area contributed by atoms with Gasteiger partial charge in [-0.2, -0.15) is 0 Å². The van der Waals surface area contributed by atoms with Crippen molar-refractivity contribution in [1.82, 2.24) is 0 Å². The van der Waals surface area contributed by atoms with Gasteiger partial charge in [0, 0.05) is 26.4 Å². The third-order valence-corrected chi connectivity index (χ3v) is 4.23. The van der Waals surface area contributed by atoms with Gasteiger partial charge in [0.2, 0.25) is 0 Å². The van der Waals surface area contributed by atoms with E-state index < -0.39 is 12.6 Å². The van der Waals surface area contributed by atoms with E-state index in [2.05, 4.69) is 0 Å². The molecule has 23 heavy (non-hydrogen) atoms. The molecule has 1 aromatic rings. The zero-order valence-corrected chi connectivity index (χ0v) is 13.7. The second-order valence-electron chi connectivity index (χ2n) is 5.58. The minimum atomic E-state index is -0.489. The van der Waals surface area contributed by atoms with Gasteiger partial charge < -0.3 is 28.4 Å². The fraction of sp³-hybridized carbons (Fsp3) is 0.647. The van der Waals surface area contributed by atoms with Crippen molar-refractivity contribution in [3.05, 3.63) is 35.9 Å². The Morgan fingerprint density at radius 1 is 1.04 bits per heavy atom. The summed E-state index contributed by atoms with van der Waals surface area (Å²) < 4.78 is 34.8. The lowest BCUT2D eigenvalue weighted by molar-refractivity contribution is -0.365. The predicted molar refractivity (Wildman–Crippen MR) is 81.9 cm³/mol. The number of hydrogen-bond acceptors (Lipinski definition) is 6. The maximum atomic E-state index is 6.13. The van der Waals surface area contributed by atoms with Gasteiger partial charge in [0.15, 0.2) is 12.6 Å². The first-order valence-electron chi connectivity index (χ1n) is 7.93. The highest BCUT2D eigenvalue weighted by Crippen LogP contribution is 2.36. The fourth-order valence-electron chi connectivity index (χ4n) is 3.14. The zero-order chi connectivity index (χ0) is 16.2. The molecule has 6 nitrogen and oxygen atoms in total. The Bertz CT molecular complexity index is 481. The van der Waals surface area contributed by atoms with Crippen LogP contribution in [0.3, 0.4) is 0 Å². The van der Waals surface area contributed by atoms with Crippen LogP contribution in [-0.2, 0) is 28.4 Å². The average Bonchev–Trinajstić information content (AvgIpc) is 2.61. The molecule has 0 radical (unpaired) electrons. The summed E-state index contributed by atoms with van der Waals surface area (Å²) >= 11 is 0. The van der Waals surface area contributed by atoms with Gasteiger partial charge in [-0.3, -0.25) is 0 Å². The average molecular weight is 324 g/mol. The molecule has 0 aromatic heterocycles. The molecule has 6 heteroatoms. The van der Waals surface area contributed by atoms with Crippen LogP contribution in [0.4, 0.5) is 0 Å². The Hall–Kier alpha value is -1.02. The predicted octanol–water partition coefficient (Wildman–Crippen LogP) is 1.89. The number of methoxy groups -OCH3 is 2. The van der Waals surface area contributed by atoms with Gasteiger partial charge in [0.25, 0.3) is 0 Å². The molecule has 2 fully saturated rings. The Kier molecular flexibility index (Phi) is 5.63. The molecule has 2 aliphatic rings. The van der Waals surface area contributed by atoms with E-state index in [0.29, 0.717) is 13.2 Å². The summed E-state index contributed by atoms with van der Waals surface area (Å²) in [6.07, 6.45) is -2.08. The number of ether oxygens (including phenoxy) is 6. The van der Waals surface area contributed by atoms with Crippen molar-refractivity contribution in [2.24, 2.45) is 0 Å². The van der Waals surface area contributed by atoms with Crippen molar-refractivity contribution >= 4 is 0 Å². The second kappa shape index (κ2) is 7.70. The molecular formula is C17H24O6. The van der Waals surface area contributed by atoms with Crippen molar-refractivity contribution < 1.29 is 28.4 Å². The molecule has 2 saturated heterocycles. The van der Waals surface area contributed by atoms with Gasteiger partial charge in [-0.1, -0.05) is 30.3 Å². The molecule has 3 rings (SSSR count). The quantitative estimate of drug-likeness (QED) is 0.824. The van der Waals surface area contributed by atoms with Gasteiger partial charge in [-0.25, -0.2) is 0 Å². The second-order valence-corrected chi connectivity index (χ2v) is 5.58. The van der Waals surface area contributed by atoms with Crippen LogP contribution in [0.2, 0.25) is 0 Å². The van der Waals surface area contributed by atoms with E-state index in [1.807, 2.05) is 37.3 Å². The molecule has 0 saturated carbocycles. The van der Waals surface area contributed by atoms with Crippen LogP contribution in [0, 0.1) is 0 Å². The molecule has 0 spiro atoms. The van der Waals surface area contributed by atoms with E-state index in [1.165, 1.54) is 0 Å². The number of benzene rings is 1. The monoisotopic (exact) mass is 324 g/mol. The third-order valence-electron chi connectivity index (χ3n) is 4.23. The van der Waals surface area contributed by atoms with Gasteiger partial charge in [-0.05, 0) is 6.92 Å². The van der Waals surface area contributed by atoms with Crippen molar-refractivity contribution in [2.75, 3.05) is 27.4 Å². The first kappa shape index (κ1) is 16.8. The summed E-state index contributed by atoms with van der Waals surface area (Å²) in [4.78, 5) is 0. The molecule has 2 unspecified atom stereocenters. The minimum Gasteiger partial charge on any atom is -0.376 e. The number of hydrogen-bond donors (Lipinski definition) is 0. The molecule has 1 aromatic carbocycles. The normalized spacial score (nSPS) is 37.3. The van der Waals surface area contributed by atoms with Crippen LogP contribution >= 0.6 is 0 Å². The molecule has 0 N–H and O–H groups in total. The lowest BCUT2D eigenvalue weighted by Gasteiger charge is -2.48. The maximum absolute atomic E-state index is 6.13. The molecule has 2 aliphatic heterocycles. The number of rotatable bonds is 5. The Morgan fingerprint density at radius 3 is 2.43 bits per heavy atom. The first-order valence-corrected chi connectivity index (χ1v) is 7.93.